The zero-order valence-corrected chi connectivity index (χ0v) is 16.6. The van der Waals surface area contributed by atoms with Crippen molar-refractivity contribution < 1.29 is 9.53 Å². The van der Waals surface area contributed by atoms with Crippen LogP contribution in [0.4, 0.5) is 5.69 Å². The van der Waals surface area contributed by atoms with Crippen molar-refractivity contribution in [2.24, 2.45) is 7.05 Å². The molecule has 2 aromatic heterocycles. The van der Waals surface area contributed by atoms with Crippen LogP contribution in [0.25, 0.3) is 0 Å². The molecule has 0 aliphatic carbocycles. The topological polar surface area (TPSA) is 81.9 Å². The molecule has 0 aliphatic heterocycles. The normalized spacial score (nSPS) is 10.6. The van der Waals surface area contributed by atoms with Gasteiger partial charge in [-0.15, -0.1) is 10.2 Å². The van der Waals surface area contributed by atoms with Gasteiger partial charge >= 0.3 is 0 Å². The van der Waals surface area contributed by atoms with Gasteiger partial charge in [-0.1, -0.05) is 35.0 Å². The highest BCUT2D eigenvalue weighted by Gasteiger charge is 2.13. The number of aromatic nitrogens is 4. The third kappa shape index (κ3) is 5.35. The number of hydrogen-bond acceptors (Lipinski definition) is 6. The van der Waals surface area contributed by atoms with Gasteiger partial charge in [0.15, 0.2) is 16.1 Å². The Morgan fingerprint density at radius 2 is 2.00 bits per heavy atom. The molecule has 0 radical (unpaired) electrons. The summed E-state index contributed by atoms with van der Waals surface area (Å²) in [5, 5.41) is 12.4. The molecule has 0 unspecified atom stereocenters. The number of benzene rings is 1. The molecule has 27 heavy (non-hydrogen) atoms. The first-order valence-corrected chi connectivity index (χ1v) is 9.57. The fraction of sp³-hybridized carbons (Fsp3) is 0.176. The monoisotopic (exact) mass is 423 g/mol. The maximum Gasteiger partial charge on any atom is 0.234 e. The minimum atomic E-state index is -0.211. The largest absolute Gasteiger partial charge is 0.486 e. The van der Waals surface area contributed by atoms with Crippen LogP contribution in [0.3, 0.4) is 0 Å². The number of carbonyl (C=O) groups is 1. The number of thioether (sulfide) groups is 1. The van der Waals surface area contributed by atoms with E-state index < -0.39 is 0 Å². The Morgan fingerprint density at radius 3 is 2.74 bits per heavy atom. The van der Waals surface area contributed by atoms with Gasteiger partial charge in [0.2, 0.25) is 5.91 Å². The minimum Gasteiger partial charge on any atom is -0.486 e. The van der Waals surface area contributed by atoms with Crippen molar-refractivity contribution in [2.45, 2.75) is 11.8 Å². The molecule has 10 heteroatoms. The number of carbonyl (C=O) groups excluding carboxylic acids is 1. The molecule has 140 valence electrons. The van der Waals surface area contributed by atoms with Gasteiger partial charge in [-0.05, 0) is 36.4 Å². The molecule has 7 nitrogen and oxygen atoms in total. The Labute approximate surface area is 170 Å². The highest BCUT2D eigenvalue weighted by Crippen LogP contribution is 2.21. The molecule has 1 aromatic carbocycles. The second-order valence-corrected chi connectivity index (χ2v) is 7.12. The summed E-state index contributed by atoms with van der Waals surface area (Å²) in [4.78, 5) is 16.0. The van der Waals surface area contributed by atoms with Gasteiger partial charge in [0.1, 0.15) is 12.4 Å². The lowest BCUT2D eigenvalue weighted by atomic mass is 10.3. The summed E-state index contributed by atoms with van der Waals surface area (Å²) < 4.78 is 7.45. The van der Waals surface area contributed by atoms with Crippen LogP contribution in [0.2, 0.25) is 10.2 Å². The number of hydrogen-bond donors (Lipinski definition) is 1. The van der Waals surface area contributed by atoms with E-state index in [1.165, 1.54) is 11.8 Å². The number of halogens is 2. The molecule has 0 aliphatic rings. The van der Waals surface area contributed by atoms with Crippen LogP contribution in [0.15, 0.2) is 47.8 Å². The lowest BCUT2D eigenvalue weighted by molar-refractivity contribution is -0.113. The van der Waals surface area contributed by atoms with Gasteiger partial charge in [-0.2, -0.15) is 0 Å². The summed E-state index contributed by atoms with van der Waals surface area (Å²) in [5.74, 6) is 1.28. The average molecular weight is 424 g/mol. The van der Waals surface area contributed by atoms with E-state index in [9.17, 15) is 4.79 Å². The van der Waals surface area contributed by atoms with Crippen LogP contribution in [-0.4, -0.2) is 31.4 Å². The molecule has 3 rings (SSSR count). The Hall–Kier alpha value is -2.29. The molecule has 0 saturated heterocycles. The van der Waals surface area contributed by atoms with E-state index in [1.54, 1.807) is 47.2 Å². The minimum absolute atomic E-state index is 0.162. The van der Waals surface area contributed by atoms with Crippen LogP contribution < -0.4 is 10.1 Å². The van der Waals surface area contributed by atoms with Crippen molar-refractivity contribution in [1.29, 1.82) is 0 Å². The first kappa shape index (κ1) is 19.5. The zero-order chi connectivity index (χ0) is 19.2. The Kier molecular flexibility index (Phi) is 6.54. The van der Waals surface area contributed by atoms with Gasteiger partial charge in [-0.3, -0.25) is 4.79 Å². The molecular formula is C17H15Cl2N5O2S. The summed E-state index contributed by atoms with van der Waals surface area (Å²) in [7, 11) is 1.82. The summed E-state index contributed by atoms with van der Waals surface area (Å²) in [5.41, 5.74) is 0.472. The maximum absolute atomic E-state index is 12.1. The summed E-state index contributed by atoms with van der Waals surface area (Å²) in [6, 6.07) is 10.4. The van der Waals surface area contributed by atoms with Crippen LogP contribution in [0.1, 0.15) is 5.82 Å². The van der Waals surface area contributed by atoms with E-state index in [0.29, 0.717) is 27.4 Å². The predicted octanol–water partition coefficient (Wildman–Crippen LogP) is 3.83. The number of rotatable bonds is 7. The van der Waals surface area contributed by atoms with Crippen molar-refractivity contribution in [3.63, 3.8) is 0 Å². The number of nitrogens with one attached hydrogen (secondary N) is 1. The zero-order valence-electron chi connectivity index (χ0n) is 14.2. The fourth-order valence-corrected chi connectivity index (χ4v) is 3.09. The van der Waals surface area contributed by atoms with Crippen molar-refractivity contribution in [2.75, 3.05) is 11.1 Å². The van der Waals surface area contributed by atoms with Crippen LogP contribution in [-0.2, 0) is 18.4 Å². The van der Waals surface area contributed by atoms with Crippen molar-refractivity contribution in [3.8, 4) is 5.75 Å². The van der Waals surface area contributed by atoms with Gasteiger partial charge in [0, 0.05) is 18.3 Å². The first-order valence-electron chi connectivity index (χ1n) is 7.82. The maximum atomic E-state index is 12.1. The summed E-state index contributed by atoms with van der Waals surface area (Å²) in [6.07, 6.45) is 1.56. The predicted molar refractivity (Wildman–Crippen MR) is 105 cm³/mol. The molecule has 2 heterocycles. The number of anilines is 1. The van der Waals surface area contributed by atoms with Crippen LogP contribution in [0, 0.1) is 0 Å². The Balaban J connectivity index is 1.53. The molecule has 0 saturated carbocycles. The average Bonchev–Trinajstić information content (AvgIpc) is 3.01. The van der Waals surface area contributed by atoms with Crippen molar-refractivity contribution in [3.05, 3.63) is 58.6 Å². The third-order valence-corrected chi connectivity index (χ3v) is 5.05. The quantitative estimate of drug-likeness (QED) is 0.459. The fourth-order valence-electron chi connectivity index (χ4n) is 2.07. The van der Waals surface area contributed by atoms with Gasteiger partial charge < -0.3 is 14.6 Å². The van der Waals surface area contributed by atoms with Crippen molar-refractivity contribution >= 4 is 46.6 Å². The molecule has 3 aromatic rings. The first-order chi connectivity index (χ1) is 13.0. The van der Waals surface area contributed by atoms with Gasteiger partial charge in [0.05, 0.1) is 11.4 Å². The van der Waals surface area contributed by atoms with E-state index >= 15 is 0 Å². The van der Waals surface area contributed by atoms with Crippen LogP contribution in [0.5, 0.6) is 5.75 Å². The molecule has 0 atom stereocenters. The van der Waals surface area contributed by atoms with Gasteiger partial charge in [-0.25, -0.2) is 4.98 Å². The van der Waals surface area contributed by atoms with Crippen molar-refractivity contribution in [1.82, 2.24) is 19.7 Å². The number of nitrogens with zero attached hydrogens (tertiary/aromatic N) is 4. The molecule has 0 spiro atoms. The van der Waals surface area contributed by atoms with E-state index in [2.05, 4.69) is 20.5 Å². The van der Waals surface area contributed by atoms with E-state index in [4.69, 9.17) is 27.9 Å². The standard InChI is InChI=1S/C17H15Cl2N5O2S/c1-24-14(9-26-12-6-4-11(18)5-7-12)22-23-17(24)27-10-15(25)21-13-3-2-8-20-16(13)19/h2-8H,9-10H2,1H3,(H,21,25). The summed E-state index contributed by atoms with van der Waals surface area (Å²) >= 11 is 13.0. The second kappa shape index (κ2) is 9.07. The highest BCUT2D eigenvalue weighted by molar-refractivity contribution is 7.99. The van der Waals surface area contributed by atoms with E-state index in [-0.39, 0.29) is 23.4 Å². The third-order valence-electron chi connectivity index (χ3n) is 3.47. The molecule has 1 N–H and O–H groups in total. The summed E-state index contributed by atoms with van der Waals surface area (Å²) in [6.45, 7) is 0.253. The SMILES string of the molecule is Cn1c(COc2ccc(Cl)cc2)nnc1SCC(=O)Nc1cccnc1Cl. The van der Waals surface area contributed by atoms with Crippen LogP contribution >= 0.6 is 35.0 Å². The lowest BCUT2D eigenvalue weighted by Crippen LogP contribution is -2.15. The molecule has 0 bridgehead atoms. The number of pyridine rings is 1. The molecular weight excluding hydrogens is 409 g/mol. The van der Waals surface area contributed by atoms with E-state index in [0.717, 1.165) is 0 Å². The lowest BCUT2D eigenvalue weighted by Gasteiger charge is -2.07. The Morgan fingerprint density at radius 1 is 1.22 bits per heavy atom. The number of amides is 1. The number of ether oxygens (including phenoxy) is 1. The Bertz CT molecular complexity index is 933. The highest BCUT2D eigenvalue weighted by atomic mass is 35.5. The van der Waals surface area contributed by atoms with E-state index in [1.807, 2.05) is 7.05 Å². The molecule has 1 amide bonds. The van der Waals surface area contributed by atoms with Gasteiger partial charge in [0.25, 0.3) is 0 Å². The smallest absolute Gasteiger partial charge is 0.234 e. The molecule has 0 fully saturated rings. The second-order valence-electron chi connectivity index (χ2n) is 5.38.